The van der Waals surface area contributed by atoms with Crippen molar-refractivity contribution < 1.29 is 28.2 Å². The number of allylic oxidation sites excluding steroid dienone is 3. The van der Waals surface area contributed by atoms with Crippen LogP contribution < -0.4 is 14.2 Å². The minimum absolute atomic E-state index is 0.0404. The van der Waals surface area contributed by atoms with Crippen molar-refractivity contribution in [2.75, 3.05) is 7.11 Å². The molecule has 0 atom stereocenters. The van der Waals surface area contributed by atoms with E-state index in [1.807, 2.05) is 42.5 Å². The molecule has 5 rings (SSSR count). The van der Waals surface area contributed by atoms with E-state index in [4.69, 9.17) is 18.6 Å². The summed E-state index contributed by atoms with van der Waals surface area (Å²) in [5.74, 6) is 0.431. The Kier molecular flexibility index (Phi) is 5.24. The number of esters is 1. The molecule has 6 heteroatoms. The molecule has 1 aliphatic heterocycles. The highest BCUT2D eigenvalue weighted by Crippen LogP contribution is 2.35. The summed E-state index contributed by atoms with van der Waals surface area (Å²) in [4.78, 5) is 25.2. The lowest BCUT2D eigenvalue weighted by Crippen LogP contribution is -2.07. The number of benzene rings is 3. The van der Waals surface area contributed by atoms with Gasteiger partial charge in [-0.15, -0.1) is 0 Å². The molecule has 3 aromatic carbocycles. The molecule has 0 radical (unpaired) electrons. The molecule has 0 amide bonds. The van der Waals surface area contributed by atoms with Gasteiger partial charge in [0.2, 0.25) is 11.5 Å². The first-order valence-corrected chi connectivity index (χ1v) is 10.2. The Balaban J connectivity index is 1.32. The van der Waals surface area contributed by atoms with E-state index in [2.05, 4.69) is 0 Å². The quantitative estimate of drug-likeness (QED) is 0.222. The maximum atomic E-state index is 12.6. The topological polar surface area (TPSA) is 75.0 Å². The van der Waals surface area contributed by atoms with E-state index in [-0.39, 0.29) is 23.1 Å². The molecule has 162 valence electrons. The van der Waals surface area contributed by atoms with Gasteiger partial charge < -0.3 is 18.6 Å². The smallest absolute Gasteiger partial charge is 0.379 e. The SMILES string of the molecule is COc1cccc2cc(C(=O)Oc3ccc4c(c3)O/C(=C\C=C\c3ccccc3)C4=O)oc12. The first-order chi connectivity index (χ1) is 16.1. The molecule has 2 heterocycles. The molecular formula is C27H18O6. The molecule has 6 nitrogen and oxygen atoms in total. The summed E-state index contributed by atoms with van der Waals surface area (Å²) in [6.45, 7) is 0. The zero-order chi connectivity index (χ0) is 22.8. The Morgan fingerprint density at radius 3 is 2.64 bits per heavy atom. The summed E-state index contributed by atoms with van der Waals surface area (Å²) in [6.07, 6.45) is 5.25. The number of hydrogen-bond acceptors (Lipinski definition) is 6. The van der Waals surface area contributed by atoms with Gasteiger partial charge in [0, 0.05) is 11.5 Å². The van der Waals surface area contributed by atoms with Crippen molar-refractivity contribution in [3.63, 3.8) is 0 Å². The highest BCUT2D eigenvalue weighted by molar-refractivity contribution is 6.12. The van der Waals surface area contributed by atoms with Crippen molar-refractivity contribution in [3.8, 4) is 17.2 Å². The summed E-state index contributed by atoms with van der Waals surface area (Å²) < 4.78 is 22.0. The van der Waals surface area contributed by atoms with E-state index in [0.717, 1.165) is 10.9 Å². The highest BCUT2D eigenvalue weighted by Gasteiger charge is 2.28. The molecule has 0 N–H and O–H groups in total. The average Bonchev–Trinajstić information content (AvgIpc) is 3.41. The Labute approximate surface area is 189 Å². The molecule has 33 heavy (non-hydrogen) atoms. The van der Waals surface area contributed by atoms with E-state index in [0.29, 0.717) is 22.6 Å². The van der Waals surface area contributed by atoms with Crippen LogP contribution in [-0.2, 0) is 0 Å². The fourth-order valence-corrected chi connectivity index (χ4v) is 3.51. The Hall–Kier alpha value is -4.58. The van der Waals surface area contributed by atoms with Gasteiger partial charge >= 0.3 is 5.97 Å². The third-order valence-electron chi connectivity index (χ3n) is 5.12. The Bertz CT molecular complexity index is 1430. The van der Waals surface area contributed by atoms with E-state index in [9.17, 15) is 9.59 Å². The zero-order valence-electron chi connectivity index (χ0n) is 17.6. The fraction of sp³-hybridized carbons (Fsp3) is 0.0370. The second-order valence-electron chi connectivity index (χ2n) is 7.27. The van der Waals surface area contributed by atoms with Gasteiger partial charge in [-0.3, -0.25) is 4.79 Å². The number of ketones is 1. The normalized spacial score (nSPS) is 14.0. The standard InChI is InChI=1S/C27H18O6/c1-30-22-12-6-10-18-15-24(33-26(18)22)27(29)31-19-13-14-20-23(16-19)32-21(25(20)28)11-5-9-17-7-3-2-4-8-17/h2-16H,1H3/b9-5+,21-11-. The molecule has 1 aliphatic rings. The zero-order valence-corrected chi connectivity index (χ0v) is 17.6. The van der Waals surface area contributed by atoms with Gasteiger partial charge in [-0.05, 0) is 35.9 Å². The number of ether oxygens (including phenoxy) is 3. The van der Waals surface area contributed by atoms with Crippen molar-refractivity contribution in [3.05, 3.63) is 108 Å². The maximum absolute atomic E-state index is 12.6. The fourth-order valence-electron chi connectivity index (χ4n) is 3.51. The number of carbonyl (C=O) groups is 2. The lowest BCUT2D eigenvalue weighted by atomic mass is 10.1. The summed E-state index contributed by atoms with van der Waals surface area (Å²) in [6, 6.07) is 21.3. The summed E-state index contributed by atoms with van der Waals surface area (Å²) >= 11 is 0. The van der Waals surface area contributed by atoms with Gasteiger partial charge in [0.25, 0.3) is 0 Å². The molecule has 0 spiro atoms. The second-order valence-corrected chi connectivity index (χ2v) is 7.27. The first kappa shape index (κ1) is 20.3. The van der Waals surface area contributed by atoms with E-state index < -0.39 is 5.97 Å². The van der Waals surface area contributed by atoms with Crippen LogP contribution in [0.3, 0.4) is 0 Å². The summed E-state index contributed by atoms with van der Waals surface area (Å²) in [7, 11) is 1.53. The maximum Gasteiger partial charge on any atom is 0.379 e. The van der Waals surface area contributed by atoms with Crippen LogP contribution in [0.15, 0.2) is 95.1 Å². The number of hydrogen-bond donors (Lipinski definition) is 0. The summed E-state index contributed by atoms with van der Waals surface area (Å²) in [5, 5.41) is 0.725. The predicted molar refractivity (Wildman–Crippen MR) is 123 cm³/mol. The van der Waals surface area contributed by atoms with Crippen LogP contribution in [-0.4, -0.2) is 18.9 Å². The molecule has 0 saturated carbocycles. The second kappa shape index (κ2) is 8.51. The van der Waals surface area contributed by atoms with Crippen LogP contribution in [0.5, 0.6) is 17.2 Å². The third-order valence-corrected chi connectivity index (χ3v) is 5.12. The number of carbonyl (C=O) groups excluding carboxylic acids is 2. The van der Waals surface area contributed by atoms with Crippen LogP contribution in [0.4, 0.5) is 0 Å². The van der Waals surface area contributed by atoms with E-state index in [1.54, 1.807) is 42.5 Å². The largest absolute Gasteiger partial charge is 0.493 e. The highest BCUT2D eigenvalue weighted by atomic mass is 16.6. The van der Waals surface area contributed by atoms with Crippen molar-refractivity contribution in [1.82, 2.24) is 0 Å². The van der Waals surface area contributed by atoms with Crippen LogP contribution >= 0.6 is 0 Å². The van der Waals surface area contributed by atoms with Gasteiger partial charge in [-0.1, -0.05) is 54.6 Å². The summed E-state index contributed by atoms with van der Waals surface area (Å²) in [5.41, 5.74) is 1.88. The number of methoxy groups -OCH3 is 1. The number of rotatable bonds is 5. The lowest BCUT2D eigenvalue weighted by molar-refractivity contribution is 0.0703. The van der Waals surface area contributed by atoms with Gasteiger partial charge in [0.15, 0.2) is 17.1 Å². The Morgan fingerprint density at radius 2 is 1.82 bits per heavy atom. The number of furan rings is 1. The third kappa shape index (κ3) is 4.02. The minimum Gasteiger partial charge on any atom is -0.493 e. The predicted octanol–water partition coefficient (Wildman–Crippen LogP) is 5.83. The first-order valence-electron chi connectivity index (χ1n) is 10.2. The Morgan fingerprint density at radius 1 is 0.970 bits per heavy atom. The molecule has 0 fully saturated rings. The van der Waals surface area contributed by atoms with Gasteiger partial charge in [-0.25, -0.2) is 4.79 Å². The number of para-hydroxylation sites is 1. The van der Waals surface area contributed by atoms with Crippen LogP contribution in [0.25, 0.3) is 17.0 Å². The molecule has 0 unspecified atom stereocenters. The van der Waals surface area contributed by atoms with Crippen LogP contribution in [0.2, 0.25) is 0 Å². The average molecular weight is 438 g/mol. The molecule has 1 aromatic heterocycles. The molecule has 0 saturated heterocycles. The molecule has 4 aromatic rings. The van der Waals surface area contributed by atoms with Crippen LogP contribution in [0, 0.1) is 0 Å². The van der Waals surface area contributed by atoms with Gasteiger partial charge in [-0.2, -0.15) is 0 Å². The lowest BCUT2D eigenvalue weighted by Gasteiger charge is -2.04. The van der Waals surface area contributed by atoms with Gasteiger partial charge in [0.1, 0.15) is 11.5 Å². The van der Waals surface area contributed by atoms with Crippen molar-refractivity contribution in [1.29, 1.82) is 0 Å². The number of Topliss-reactive ketones (excluding diaryl/α,β-unsaturated/α-hetero) is 1. The molecule has 0 aliphatic carbocycles. The molecular weight excluding hydrogens is 420 g/mol. The van der Waals surface area contributed by atoms with E-state index >= 15 is 0 Å². The number of fused-ring (bicyclic) bond motifs is 2. The van der Waals surface area contributed by atoms with Crippen molar-refractivity contribution in [2.45, 2.75) is 0 Å². The monoisotopic (exact) mass is 438 g/mol. The van der Waals surface area contributed by atoms with Crippen LogP contribution in [0.1, 0.15) is 26.5 Å². The van der Waals surface area contributed by atoms with Gasteiger partial charge in [0.05, 0.1) is 12.7 Å². The van der Waals surface area contributed by atoms with E-state index in [1.165, 1.54) is 13.2 Å². The molecule has 0 bridgehead atoms. The van der Waals surface area contributed by atoms with Crippen molar-refractivity contribution in [2.24, 2.45) is 0 Å². The minimum atomic E-state index is -0.668. The van der Waals surface area contributed by atoms with Crippen molar-refractivity contribution >= 4 is 28.8 Å².